The van der Waals surface area contributed by atoms with Crippen molar-refractivity contribution in [2.45, 2.75) is 38.7 Å². The van der Waals surface area contributed by atoms with Gasteiger partial charge >= 0.3 is 0 Å². The van der Waals surface area contributed by atoms with Gasteiger partial charge in [0.2, 0.25) is 5.91 Å². The normalized spacial score (nSPS) is 17.8. The minimum atomic E-state index is 0.198. The summed E-state index contributed by atoms with van der Waals surface area (Å²) in [4.78, 5) is 14.0. The first-order chi connectivity index (χ1) is 10.6. The molecule has 5 heteroatoms. The molecule has 0 N–H and O–H groups in total. The maximum Gasteiger partial charge on any atom is 0.222 e. The van der Waals surface area contributed by atoms with Crippen LogP contribution in [-0.2, 0) is 16.0 Å². The van der Waals surface area contributed by atoms with Crippen molar-refractivity contribution in [3.05, 3.63) is 28.2 Å². The second-order valence-corrected chi connectivity index (χ2v) is 6.41. The molecule has 1 aromatic rings. The van der Waals surface area contributed by atoms with Crippen molar-refractivity contribution in [1.29, 1.82) is 0 Å². The summed E-state index contributed by atoms with van der Waals surface area (Å²) < 4.78 is 12.0. The van der Waals surface area contributed by atoms with Crippen LogP contribution in [-0.4, -0.2) is 43.7 Å². The number of carbonyl (C=O) groups excluding carboxylic acids is 1. The van der Waals surface area contributed by atoms with Crippen LogP contribution >= 0.6 is 15.9 Å². The SMILES string of the molecule is CCc1ccc(OCCCC(=O)N2CCC(OC)C2)c(Br)c1. The standard InChI is InChI=1S/C17H24BrNO3/c1-3-13-6-7-16(15(18)11-13)22-10-4-5-17(20)19-9-8-14(12-19)21-2/h6-7,11,14H,3-5,8-10,12H2,1-2H3. The van der Waals surface area contributed by atoms with Gasteiger partial charge in [-0.15, -0.1) is 0 Å². The fourth-order valence-electron chi connectivity index (χ4n) is 2.59. The molecule has 1 aromatic carbocycles. The monoisotopic (exact) mass is 369 g/mol. The maximum absolute atomic E-state index is 12.1. The first kappa shape index (κ1) is 17.3. The van der Waals surface area contributed by atoms with E-state index in [0.717, 1.165) is 42.6 Å². The Morgan fingerprint density at radius 3 is 2.91 bits per heavy atom. The Morgan fingerprint density at radius 1 is 1.45 bits per heavy atom. The van der Waals surface area contributed by atoms with Gasteiger partial charge in [0.25, 0.3) is 0 Å². The Labute approximate surface area is 140 Å². The van der Waals surface area contributed by atoms with Crippen LogP contribution in [0.5, 0.6) is 5.75 Å². The van der Waals surface area contributed by atoms with E-state index in [0.29, 0.717) is 13.0 Å². The molecule has 1 aliphatic heterocycles. The van der Waals surface area contributed by atoms with Crippen LogP contribution in [0, 0.1) is 0 Å². The Balaban J connectivity index is 1.70. The Kier molecular flexibility index (Phi) is 6.70. The molecule has 2 rings (SSSR count). The van der Waals surface area contributed by atoms with Crippen LogP contribution in [0.4, 0.5) is 0 Å². The van der Waals surface area contributed by atoms with Crippen molar-refractivity contribution in [1.82, 2.24) is 4.90 Å². The predicted octanol–water partition coefficient (Wildman–Crippen LogP) is 3.42. The van der Waals surface area contributed by atoms with Crippen molar-refractivity contribution in [2.24, 2.45) is 0 Å². The smallest absolute Gasteiger partial charge is 0.222 e. The largest absolute Gasteiger partial charge is 0.492 e. The number of ether oxygens (including phenoxy) is 2. The van der Waals surface area contributed by atoms with Gasteiger partial charge in [0.05, 0.1) is 17.2 Å². The molecule has 0 radical (unpaired) electrons. The number of methoxy groups -OCH3 is 1. The van der Waals surface area contributed by atoms with Gasteiger partial charge < -0.3 is 14.4 Å². The van der Waals surface area contributed by atoms with E-state index in [-0.39, 0.29) is 12.0 Å². The van der Waals surface area contributed by atoms with Gasteiger partial charge in [-0.2, -0.15) is 0 Å². The summed E-state index contributed by atoms with van der Waals surface area (Å²) in [6, 6.07) is 6.13. The summed E-state index contributed by atoms with van der Waals surface area (Å²) in [5, 5.41) is 0. The average molecular weight is 370 g/mol. The molecule has 1 saturated heterocycles. The molecule has 0 spiro atoms. The number of likely N-dealkylation sites (tertiary alicyclic amines) is 1. The van der Waals surface area contributed by atoms with Crippen LogP contribution in [0.25, 0.3) is 0 Å². The number of carbonyl (C=O) groups is 1. The number of nitrogens with zero attached hydrogens (tertiary/aromatic N) is 1. The number of amides is 1. The molecule has 1 aliphatic rings. The van der Waals surface area contributed by atoms with Crippen molar-refractivity contribution < 1.29 is 14.3 Å². The molecule has 1 unspecified atom stereocenters. The van der Waals surface area contributed by atoms with E-state index < -0.39 is 0 Å². The van der Waals surface area contributed by atoms with E-state index in [2.05, 4.69) is 35.0 Å². The molecule has 0 saturated carbocycles. The lowest BCUT2D eigenvalue weighted by molar-refractivity contribution is -0.130. The maximum atomic E-state index is 12.1. The minimum Gasteiger partial charge on any atom is -0.492 e. The summed E-state index contributed by atoms with van der Waals surface area (Å²) in [6.07, 6.45) is 3.41. The molecule has 0 aliphatic carbocycles. The lowest BCUT2D eigenvalue weighted by atomic mass is 10.2. The number of hydrogen-bond acceptors (Lipinski definition) is 3. The first-order valence-electron chi connectivity index (χ1n) is 7.85. The van der Waals surface area contributed by atoms with Crippen LogP contribution in [0.3, 0.4) is 0 Å². The number of halogens is 1. The third kappa shape index (κ3) is 4.71. The first-order valence-corrected chi connectivity index (χ1v) is 8.65. The van der Waals surface area contributed by atoms with E-state index in [1.165, 1.54) is 5.56 Å². The van der Waals surface area contributed by atoms with Crippen LogP contribution in [0.2, 0.25) is 0 Å². The number of aryl methyl sites for hydroxylation is 1. The fraction of sp³-hybridized carbons (Fsp3) is 0.588. The van der Waals surface area contributed by atoms with Gasteiger partial charge in [0.1, 0.15) is 5.75 Å². The zero-order valence-electron chi connectivity index (χ0n) is 13.3. The highest BCUT2D eigenvalue weighted by Gasteiger charge is 2.25. The highest BCUT2D eigenvalue weighted by atomic mass is 79.9. The average Bonchev–Trinajstić information content (AvgIpc) is 3.01. The molecule has 122 valence electrons. The van der Waals surface area contributed by atoms with E-state index >= 15 is 0 Å². The van der Waals surface area contributed by atoms with Gasteiger partial charge in [0.15, 0.2) is 0 Å². The minimum absolute atomic E-state index is 0.198. The zero-order valence-corrected chi connectivity index (χ0v) is 14.9. The molecule has 0 bridgehead atoms. The quantitative estimate of drug-likeness (QED) is 0.691. The highest BCUT2D eigenvalue weighted by Crippen LogP contribution is 2.26. The molecule has 1 amide bonds. The van der Waals surface area contributed by atoms with Crippen LogP contribution in [0.15, 0.2) is 22.7 Å². The highest BCUT2D eigenvalue weighted by molar-refractivity contribution is 9.10. The number of hydrogen-bond donors (Lipinski definition) is 0. The molecular formula is C17H24BrNO3. The molecule has 1 fully saturated rings. The Bertz CT molecular complexity index is 507. The molecule has 1 heterocycles. The zero-order chi connectivity index (χ0) is 15.9. The lowest BCUT2D eigenvalue weighted by Gasteiger charge is -2.16. The topological polar surface area (TPSA) is 38.8 Å². The third-order valence-electron chi connectivity index (χ3n) is 4.03. The molecule has 0 aromatic heterocycles. The van der Waals surface area contributed by atoms with Gasteiger partial charge in [-0.3, -0.25) is 4.79 Å². The molecule has 22 heavy (non-hydrogen) atoms. The van der Waals surface area contributed by atoms with E-state index in [1.54, 1.807) is 7.11 Å². The second kappa shape index (κ2) is 8.53. The van der Waals surface area contributed by atoms with Crippen molar-refractivity contribution in [2.75, 3.05) is 26.8 Å². The van der Waals surface area contributed by atoms with Crippen LogP contribution in [0.1, 0.15) is 31.7 Å². The summed E-state index contributed by atoms with van der Waals surface area (Å²) in [7, 11) is 1.70. The van der Waals surface area contributed by atoms with E-state index in [1.807, 2.05) is 11.0 Å². The third-order valence-corrected chi connectivity index (χ3v) is 4.65. The van der Waals surface area contributed by atoms with Gasteiger partial charge in [-0.25, -0.2) is 0 Å². The summed E-state index contributed by atoms with van der Waals surface area (Å²) in [5.41, 5.74) is 1.27. The Morgan fingerprint density at radius 2 is 2.27 bits per heavy atom. The van der Waals surface area contributed by atoms with Crippen molar-refractivity contribution >= 4 is 21.8 Å². The van der Waals surface area contributed by atoms with Gasteiger partial charge in [0, 0.05) is 26.6 Å². The predicted molar refractivity (Wildman–Crippen MR) is 90.2 cm³/mol. The van der Waals surface area contributed by atoms with Gasteiger partial charge in [-0.05, 0) is 52.9 Å². The molecular weight excluding hydrogens is 346 g/mol. The number of rotatable bonds is 7. The van der Waals surface area contributed by atoms with Crippen LogP contribution < -0.4 is 4.74 Å². The van der Waals surface area contributed by atoms with E-state index in [9.17, 15) is 4.79 Å². The number of benzene rings is 1. The fourth-order valence-corrected chi connectivity index (χ4v) is 3.13. The summed E-state index contributed by atoms with van der Waals surface area (Å²) in [6.45, 7) is 4.21. The summed E-state index contributed by atoms with van der Waals surface area (Å²) >= 11 is 3.52. The summed E-state index contributed by atoms with van der Waals surface area (Å²) in [5.74, 6) is 1.04. The van der Waals surface area contributed by atoms with E-state index in [4.69, 9.17) is 9.47 Å². The Hall–Kier alpha value is -1.07. The molecule has 4 nitrogen and oxygen atoms in total. The van der Waals surface area contributed by atoms with Crippen molar-refractivity contribution in [3.63, 3.8) is 0 Å². The van der Waals surface area contributed by atoms with Crippen molar-refractivity contribution in [3.8, 4) is 5.75 Å². The van der Waals surface area contributed by atoms with Gasteiger partial charge in [-0.1, -0.05) is 13.0 Å². The second-order valence-electron chi connectivity index (χ2n) is 5.56. The lowest BCUT2D eigenvalue weighted by Crippen LogP contribution is -2.30. The molecule has 1 atom stereocenters.